The zero-order chi connectivity index (χ0) is 14.5. The summed E-state index contributed by atoms with van der Waals surface area (Å²) < 4.78 is 18.7. The molecule has 2 rings (SSSR count). The summed E-state index contributed by atoms with van der Waals surface area (Å²) in [6.07, 6.45) is 1.55. The van der Waals surface area contributed by atoms with Crippen LogP contribution >= 0.6 is 0 Å². The van der Waals surface area contributed by atoms with Crippen molar-refractivity contribution in [3.8, 4) is 0 Å². The molecule has 0 aromatic heterocycles. The van der Waals surface area contributed by atoms with Crippen molar-refractivity contribution >= 4 is 5.97 Å². The van der Waals surface area contributed by atoms with Crippen molar-refractivity contribution < 1.29 is 13.9 Å². The number of hydrogen-bond acceptors (Lipinski definition) is 4. The number of methoxy groups -OCH3 is 1. The molecule has 0 spiro atoms. The summed E-state index contributed by atoms with van der Waals surface area (Å²) in [6.45, 7) is 2.50. The van der Waals surface area contributed by atoms with Crippen LogP contribution in [0.4, 0.5) is 4.39 Å². The molecule has 0 atom stereocenters. The first kappa shape index (κ1) is 14.9. The van der Waals surface area contributed by atoms with E-state index in [1.54, 1.807) is 6.07 Å². The summed E-state index contributed by atoms with van der Waals surface area (Å²) in [6, 6.07) is 5.15. The number of carbonyl (C=O) groups excluding carboxylic acids is 1. The second kappa shape index (κ2) is 6.81. The molecule has 1 fully saturated rings. The Hall–Kier alpha value is -1.46. The second-order valence-electron chi connectivity index (χ2n) is 5.20. The minimum absolute atomic E-state index is 0.0132. The van der Waals surface area contributed by atoms with Gasteiger partial charge in [-0.2, -0.15) is 0 Å². The predicted octanol–water partition coefficient (Wildman–Crippen LogP) is 1.67. The topological polar surface area (TPSA) is 55.6 Å². The largest absolute Gasteiger partial charge is 0.469 e. The molecule has 0 unspecified atom stereocenters. The van der Waals surface area contributed by atoms with Crippen molar-refractivity contribution in [3.63, 3.8) is 0 Å². The Morgan fingerprint density at radius 1 is 1.45 bits per heavy atom. The average molecular weight is 280 g/mol. The van der Waals surface area contributed by atoms with Crippen molar-refractivity contribution in [3.05, 3.63) is 35.1 Å². The van der Waals surface area contributed by atoms with Crippen LogP contribution in [0.1, 0.15) is 24.0 Å². The summed E-state index contributed by atoms with van der Waals surface area (Å²) in [4.78, 5) is 13.6. The molecule has 4 nitrogen and oxygen atoms in total. The number of halogens is 1. The van der Waals surface area contributed by atoms with Gasteiger partial charge in [-0.3, -0.25) is 9.69 Å². The molecule has 0 aliphatic carbocycles. The molecule has 0 radical (unpaired) electrons. The zero-order valence-corrected chi connectivity index (χ0v) is 11.8. The lowest BCUT2D eigenvalue weighted by molar-refractivity contribution is -0.147. The van der Waals surface area contributed by atoms with Crippen molar-refractivity contribution in [1.82, 2.24) is 4.90 Å². The summed E-state index contributed by atoms with van der Waals surface area (Å²) >= 11 is 0. The molecule has 0 bridgehead atoms. The van der Waals surface area contributed by atoms with E-state index in [1.165, 1.54) is 13.2 Å². The van der Waals surface area contributed by atoms with E-state index in [0.29, 0.717) is 18.7 Å². The zero-order valence-electron chi connectivity index (χ0n) is 11.8. The monoisotopic (exact) mass is 280 g/mol. The van der Waals surface area contributed by atoms with Gasteiger partial charge < -0.3 is 10.5 Å². The van der Waals surface area contributed by atoms with Gasteiger partial charge in [-0.1, -0.05) is 12.1 Å². The van der Waals surface area contributed by atoms with E-state index < -0.39 is 0 Å². The maximum Gasteiger partial charge on any atom is 0.308 e. The van der Waals surface area contributed by atoms with Gasteiger partial charge in [0.2, 0.25) is 0 Å². The molecule has 2 N–H and O–H groups in total. The van der Waals surface area contributed by atoms with Crippen LogP contribution in [-0.2, 0) is 22.6 Å². The van der Waals surface area contributed by atoms with Crippen LogP contribution in [-0.4, -0.2) is 31.1 Å². The number of esters is 1. The standard InChI is InChI=1S/C15H21FN2O2/c1-20-15(19)12-4-6-18(7-5-12)10-13-3-2-11(9-17)8-14(13)16/h2-3,8,12H,4-7,9-10,17H2,1H3. The van der Waals surface area contributed by atoms with Crippen LogP contribution in [0.25, 0.3) is 0 Å². The number of rotatable bonds is 4. The SMILES string of the molecule is COC(=O)C1CCN(Cc2ccc(CN)cc2F)CC1. The number of piperidine rings is 1. The smallest absolute Gasteiger partial charge is 0.308 e. The third-order valence-electron chi connectivity index (χ3n) is 3.87. The van der Waals surface area contributed by atoms with Crippen molar-refractivity contribution in [2.45, 2.75) is 25.9 Å². The lowest BCUT2D eigenvalue weighted by atomic mass is 9.96. The first-order valence-corrected chi connectivity index (χ1v) is 6.91. The lowest BCUT2D eigenvalue weighted by Crippen LogP contribution is -2.36. The van der Waals surface area contributed by atoms with Gasteiger partial charge in [-0.25, -0.2) is 4.39 Å². The average Bonchev–Trinajstić information content (AvgIpc) is 2.49. The minimum Gasteiger partial charge on any atom is -0.469 e. The number of nitrogens with two attached hydrogens (primary N) is 1. The highest BCUT2D eigenvalue weighted by Crippen LogP contribution is 2.21. The summed E-state index contributed by atoms with van der Waals surface area (Å²) in [5.74, 6) is -0.355. The van der Waals surface area contributed by atoms with E-state index in [2.05, 4.69) is 4.90 Å². The maximum atomic E-state index is 13.9. The molecule has 1 aromatic carbocycles. The molecule has 20 heavy (non-hydrogen) atoms. The number of likely N-dealkylation sites (tertiary alicyclic amines) is 1. The molecule has 1 saturated heterocycles. The lowest BCUT2D eigenvalue weighted by Gasteiger charge is -2.30. The van der Waals surface area contributed by atoms with Gasteiger partial charge >= 0.3 is 5.97 Å². The molecule has 1 aliphatic heterocycles. The van der Waals surface area contributed by atoms with Crippen molar-refractivity contribution in [2.24, 2.45) is 11.7 Å². The molecule has 5 heteroatoms. The summed E-state index contributed by atoms with van der Waals surface area (Å²) in [5.41, 5.74) is 6.97. The highest BCUT2D eigenvalue weighted by Gasteiger charge is 2.25. The number of benzene rings is 1. The molecule has 0 saturated carbocycles. The van der Waals surface area contributed by atoms with Crippen LogP contribution in [0, 0.1) is 11.7 Å². The maximum absolute atomic E-state index is 13.9. The molecular weight excluding hydrogens is 259 g/mol. The molecule has 0 amide bonds. The van der Waals surface area contributed by atoms with Crippen molar-refractivity contribution in [2.75, 3.05) is 20.2 Å². The normalized spacial score (nSPS) is 17.1. The number of ether oxygens (including phenoxy) is 1. The number of nitrogens with zero attached hydrogens (tertiary/aromatic N) is 1. The second-order valence-corrected chi connectivity index (χ2v) is 5.20. The van der Waals surface area contributed by atoms with Gasteiger partial charge in [0.05, 0.1) is 13.0 Å². The molecule has 1 aromatic rings. The number of carbonyl (C=O) groups is 1. The first-order valence-electron chi connectivity index (χ1n) is 6.91. The van der Waals surface area contributed by atoms with E-state index in [-0.39, 0.29) is 17.7 Å². The Morgan fingerprint density at radius 2 is 2.15 bits per heavy atom. The van der Waals surface area contributed by atoms with Crippen LogP contribution in [0.3, 0.4) is 0 Å². The fourth-order valence-corrected chi connectivity index (χ4v) is 2.58. The van der Waals surface area contributed by atoms with Crippen LogP contribution in [0.5, 0.6) is 0 Å². The quantitative estimate of drug-likeness (QED) is 0.852. The molecule has 1 aliphatic rings. The number of hydrogen-bond donors (Lipinski definition) is 1. The van der Waals surface area contributed by atoms with Gasteiger partial charge in [-0.05, 0) is 37.6 Å². The van der Waals surface area contributed by atoms with E-state index in [1.807, 2.05) is 6.07 Å². The van der Waals surface area contributed by atoms with E-state index in [0.717, 1.165) is 31.5 Å². The Labute approximate surface area is 118 Å². The van der Waals surface area contributed by atoms with Gasteiger partial charge in [0.15, 0.2) is 0 Å². The Bertz CT molecular complexity index is 471. The molecular formula is C15H21FN2O2. The highest BCUT2D eigenvalue weighted by molar-refractivity contribution is 5.72. The highest BCUT2D eigenvalue weighted by atomic mass is 19.1. The third kappa shape index (κ3) is 3.55. The summed E-state index contributed by atoms with van der Waals surface area (Å²) in [5, 5.41) is 0. The fraction of sp³-hybridized carbons (Fsp3) is 0.533. The van der Waals surface area contributed by atoms with E-state index in [9.17, 15) is 9.18 Å². The van der Waals surface area contributed by atoms with Crippen LogP contribution in [0.2, 0.25) is 0 Å². The predicted molar refractivity (Wildman–Crippen MR) is 74.3 cm³/mol. The van der Waals surface area contributed by atoms with Gasteiger partial charge in [0.1, 0.15) is 5.82 Å². The third-order valence-corrected chi connectivity index (χ3v) is 3.87. The van der Waals surface area contributed by atoms with Crippen molar-refractivity contribution in [1.29, 1.82) is 0 Å². The Balaban J connectivity index is 1.91. The Morgan fingerprint density at radius 3 is 2.70 bits per heavy atom. The molecule has 110 valence electrons. The fourth-order valence-electron chi connectivity index (χ4n) is 2.58. The van der Waals surface area contributed by atoms with Crippen LogP contribution < -0.4 is 5.73 Å². The summed E-state index contributed by atoms with van der Waals surface area (Å²) in [7, 11) is 1.42. The molecule has 1 heterocycles. The minimum atomic E-state index is -0.206. The Kier molecular flexibility index (Phi) is 5.09. The first-order chi connectivity index (χ1) is 9.63. The van der Waals surface area contributed by atoms with Crippen LogP contribution in [0.15, 0.2) is 18.2 Å². The van der Waals surface area contributed by atoms with Gasteiger partial charge in [0, 0.05) is 18.7 Å². The van der Waals surface area contributed by atoms with E-state index >= 15 is 0 Å². The van der Waals surface area contributed by atoms with E-state index in [4.69, 9.17) is 10.5 Å². The van der Waals surface area contributed by atoms with Gasteiger partial charge in [-0.15, -0.1) is 0 Å². The van der Waals surface area contributed by atoms with Gasteiger partial charge in [0.25, 0.3) is 0 Å².